The first kappa shape index (κ1) is 16.6. The van der Waals surface area contributed by atoms with Gasteiger partial charge in [-0.3, -0.25) is 13.9 Å². The Kier molecular flexibility index (Phi) is 4.12. The number of nitrogens with zero attached hydrogens (tertiary/aromatic N) is 1. The molecule has 1 atom stereocenters. The first-order valence-corrected chi connectivity index (χ1v) is 8.85. The topological polar surface area (TPSA) is 49.4 Å². The number of halogens is 1. The summed E-state index contributed by atoms with van der Waals surface area (Å²) in [4.78, 5) is 26.4. The fourth-order valence-electron chi connectivity index (χ4n) is 3.08. The minimum absolute atomic E-state index is 0.299. The minimum atomic E-state index is -0.968. The molecule has 0 bridgehead atoms. The summed E-state index contributed by atoms with van der Waals surface area (Å²) in [5, 5.41) is 4.67. The van der Waals surface area contributed by atoms with Gasteiger partial charge >= 0.3 is 0 Å². The molecule has 0 saturated carbocycles. The van der Waals surface area contributed by atoms with E-state index in [1.54, 1.807) is 13.1 Å². The predicted octanol–water partition coefficient (Wildman–Crippen LogP) is 4.18. The summed E-state index contributed by atoms with van der Waals surface area (Å²) in [5.41, 5.74) is 0.997. The molecule has 0 aliphatic carbocycles. The zero-order valence-electron chi connectivity index (χ0n) is 13.9. The molecule has 0 radical (unpaired) electrons. The molecule has 6 heteroatoms. The van der Waals surface area contributed by atoms with E-state index < -0.39 is 17.6 Å². The summed E-state index contributed by atoms with van der Waals surface area (Å²) >= 11 is 1.31. The molecule has 1 aliphatic rings. The maximum Gasteiger partial charge on any atom is 0.249 e. The monoisotopic (exact) mass is 366 g/mol. The highest BCUT2D eigenvalue weighted by Gasteiger charge is 2.37. The van der Waals surface area contributed by atoms with Crippen molar-refractivity contribution in [3.8, 4) is 0 Å². The Bertz CT molecular complexity index is 1040. The normalized spacial score (nSPS) is 16.5. The maximum absolute atomic E-state index is 13.4. The van der Waals surface area contributed by atoms with Crippen molar-refractivity contribution in [3.63, 3.8) is 0 Å². The second-order valence-corrected chi connectivity index (χ2v) is 7.27. The van der Waals surface area contributed by atoms with E-state index in [0.717, 1.165) is 15.7 Å². The molecule has 4 nitrogen and oxygen atoms in total. The van der Waals surface area contributed by atoms with E-state index >= 15 is 0 Å². The lowest BCUT2D eigenvalue weighted by atomic mass is 9.94. The van der Waals surface area contributed by atoms with Gasteiger partial charge in [0, 0.05) is 17.6 Å². The van der Waals surface area contributed by atoms with Crippen LogP contribution in [0.25, 0.3) is 10.8 Å². The number of likely N-dealkylation sites (N-methyl/N-ethyl adjacent to an activating group) is 1. The number of hydrogen-bond acceptors (Lipinski definition) is 3. The van der Waals surface area contributed by atoms with Crippen LogP contribution >= 0.6 is 11.9 Å². The fourth-order valence-corrected chi connectivity index (χ4v) is 4.04. The lowest BCUT2D eigenvalue weighted by molar-refractivity contribution is -0.132. The molecule has 0 saturated heterocycles. The van der Waals surface area contributed by atoms with Crippen LogP contribution in [0.1, 0.15) is 11.5 Å². The van der Waals surface area contributed by atoms with Crippen LogP contribution in [0.15, 0.2) is 65.6 Å². The van der Waals surface area contributed by atoms with Crippen LogP contribution in [-0.2, 0) is 9.59 Å². The summed E-state index contributed by atoms with van der Waals surface area (Å²) in [7, 11) is 1.65. The number of fused-ring (bicyclic) bond motifs is 2. The molecule has 0 fully saturated rings. The van der Waals surface area contributed by atoms with Crippen molar-refractivity contribution in [2.75, 3.05) is 12.4 Å². The second-order valence-electron chi connectivity index (χ2n) is 6.10. The molecule has 3 aromatic carbocycles. The number of amides is 2. The van der Waals surface area contributed by atoms with Crippen LogP contribution in [0, 0.1) is 5.82 Å². The summed E-state index contributed by atoms with van der Waals surface area (Å²) in [6.45, 7) is 0. The Morgan fingerprint density at radius 1 is 1.08 bits per heavy atom. The van der Waals surface area contributed by atoms with Gasteiger partial charge in [0.25, 0.3) is 0 Å². The van der Waals surface area contributed by atoms with Crippen LogP contribution < -0.4 is 5.32 Å². The summed E-state index contributed by atoms with van der Waals surface area (Å²) in [5.74, 6) is -2.18. The first-order valence-electron chi connectivity index (χ1n) is 8.07. The van der Waals surface area contributed by atoms with Crippen molar-refractivity contribution in [2.45, 2.75) is 10.8 Å². The van der Waals surface area contributed by atoms with Gasteiger partial charge < -0.3 is 5.32 Å². The molecule has 1 aliphatic heterocycles. The van der Waals surface area contributed by atoms with E-state index in [0.29, 0.717) is 11.3 Å². The van der Waals surface area contributed by atoms with E-state index in [1.165, 1.54) is 34.5 Å². The average molecular weight is 366 g/mol. The van der Waals surface area contributed by atoms with Gasteiger partial charge in [0.15, 0.2) is 0 Å². The average Bonchev–Trinajstić information content (AvgIpc) is 2.61. The Morgan fingerprint density at radius 3 is 2.54 bits per heavy atom. The van der Waals surface area contributed by atoms with Crippen LogP contribution in [0.4, 0.5) is 10.1 Å². The molecular weight excluding hydrogens is 351 g/mol. The predicted molar refractivity (Wildman–Crippen MR) is 100 cm³/mol. The minimum Gasteiger partial charge on any atom is -0.325 e. The fraction of sp³-hybridized carbons (Fsp3) is 0.100. The van der Waals surface area contributed by atoms with Gasteiger partial charge in [-0.05, 0) is 58.6 Å². The third-order valence-electron chi connectivity index (χ3n) is 4.34. The largest absolute Gasteiger partial charge is 0.325 e. The Hall–Kier alpha value is -2.86. The first-order chi connectivity index (χ1) is 12.5. The highest BCUT2D eigenvalue weighted by atomic mass is 32.2. The van der Waals surface area contributed by atoms with Crippen LogP contribution in [0.2, 0.25) is 0 Å². The molecule has 4 rings (SSSR count). The van der Waals surface area contributed by atoms with E-state index in [2.05, 4.69) is 5.32 Å². The highest BCUT2D eigenvalue weighted by molar-refractivity contribution is 7.97. The van der Waals surface area contributed by atoms with E-state index in [-0.39, 0.29) is 5.91 Å². The van der Waals surface area contributed by atoms with Gasteiger partial charge in [-0.25, -0.2) is 4.39 Å². The van der Waals surface area contributed by atoms with Crippen LogP contribution in [0.5, 0.6) is 0 Å². The molecule has 0 spiro atoms. The number of hydrogen-bond donors (Lipinski definition) is 1. The molecule has 1 heterocycles. The molecule has 2 amide bonds. The maximum atomic E-state index is 13.4. The second kappa shape index (κ2) is 6.46. The molecule has 1 N–H and O–H groups in total. The van der Waals surface area contributed by atoms with Crippen molar-refractivity contribution in [2.24, 2.45) is 0 Å². The smallest absolute Gasteiger partial charge is 0.249 e. The molecule has 0 aromatic heterocycles. The van der Waals surface area contributed by atoms with E-state index in [4.69, 9.17) is 0 Å². The third kappa shape index (κ3) is 2.93. The summed E-state index contributed by atoms with van der Waals surface area (Å²) in [6.07, 6.45) is 0. The van der Waals surface area contributed by atoms with Gasteiger partial charge in [0.05, 0.1) is 0 Å². The van der Waals surface area contributed by atoms with Crippen molar-refractivity contribution in [1.82, 2.24) is 4.31 Å². The zero-order valence-corrected chi connectivity index (χ0v) is 14.7. The number of benzene rings is 3. The molecule has 26 heavy (non-hydrogen) atoms. The third-order valence-corrected chi connectivity index (χ3v) is 5.34. The van der Waals surface area contributed by atoms with Crippen LogP contribution in [0.3, 0.4) is 0 Å². The summed E-state index contributed by atoms with van der Waals surface area (Å²) < 4.78 is 14.8. The van der Waals surface area contributed by atoms with Crippen molar-refractivity contribution >= 4 is 40.2 Å². The molecular formula is C20H15FN2O2S. The molecule has 130 valence electrons. The SMILES string of the molecule is CN1Sc2cc3ccccc3cc2C(C(=O)Nc2cccc(F)c2)C1=O. The quantitative estimate of drug-likeness (QED) is 0.547. The highest BCUT2D eigenvalue weighted by Crippen LogP contribution is 2.40. The van der Waals surface area contributed by atoms with Crippen molar-refractivity contribution < 1.29 is 14.0 Å². The van der Waals surface area contributed by atoms with E-state index in [9.17, 15) is 14.0 Å². The molecule has 1 unspecified atom stereocenters. The zero-order chi connectivity index (χ0) is 18.3. The van der Waals surface area contributed by atoms with Crippen molar-refractivity contribution in [1.29, 1.82) is 0 Å². The number of anilines is 1. The van der Waals surface area contributed by atoms with Crippen molar-refractivity contribution in [3.05, 3.63) is 72.0 Å². The van der Waals surface area contributed by atoms with Crippen LogP contribution in [-0.4, -0.2) is 23.2 Å². The van der Waals surface area contributed by atoms with Gasteiger partial charge in [-0.1, -0.05) is 30.3 Å². The van der Waals surface area contributed by atoms with Gasteiger partial charge in [0.1, 0.15) is 11.7 Å². The standard InChI is InChI=1S/C20H15FN2O2S/c1-23-20(25)18(19(24)22-15-8-4-7-14(21)11-15)16-9-12-5-2-3-6-13(12)10-17(16)26-23/h2-11,18H,1H3,(H,22,24). The number of carbonyl (C=O) groups is 2. The summed E-state index contributed by atoms with van der Waals surface area (Å²) in [6, 6.07) is 17.3. The van der Waals surface area contributed by atoms with Gasteiger partial charge in [-0.15, -0.1) is 0 Å². The Balaban J connectivity index is 1.76. The molecule has 3 aromatic rings. The van der Waals surface area contributed by atoms with Gasteiger partial charge in [0.2, 0.25) is 11.8 Å². The van der Waals surface area contributed by atoms with Gasteiger partial charge in [-0.2, -0.15) is 0 Å². The number of carbonyl (C=O) groups excluding carboxylic acids is 2. The Labute approximate surface area is 154 Å². The van der Waals surface area contributed by atoms with E-state index in [1.807, 2.05) is 36.4 Å². The number of rotatable bonds is 2. The lowest BCUT2D eigenvalue weighted by Gasteiger charge is -2.30. The number of nitrogens with one attached hydrogen (secondary N) is 1. The Morgan fingerprint density at radius 2 is 1.81 bits per heavy atom. The lowest BCUT2D eigenvalue weighted by Crippen LogP contribution is -2.37.